The lowest BCUT2D eigenvalue weighted by molar-refractivity contribution is 0.253. The van der Waals surface area contributed by atoms with E-state index < -0.39 is 0 Å². The van der Waals surface area contributed by atoms with Crippen LogP contribution >= 0.6 is 0 Å². The monoisotopic (exact) mass is 272 g/mol. The molecule has 0 aliphatic heterocycles. The van der Waals surface area contributed by atoms with Crippen molar-refractivity contribution in [1.29, 1.82) is 0 Å². The summed E-state index contributed by atoms with van der Waals surface area (Å²) in [4.78, 5) is 2.18. The fourth-order valence-electron chi connectivity index (χ4n) is 2.39. The lowest BCUT2D eigenvalue weighted by Gasteiger charge is -2.27. The molecule has 3 heteroatoms. The molecule has 0 radical (unpaired) electrons. The zero-order chi connectivity index (χ0) is 14.4. The van der Waals surface area contributed by atoms with E-state index in [2.05, 4.69) is 17.0 Å². The highest BCUT2D eigenvalue weighted by Gasteiger charge is 2.15. The first-order chi connectivity index (χ1) is 9.70. The second-order valence-corrected chi connectivity index (χ2v) is 5.02. The molecular weight excluding hydrogens is 251 g/mol. The molecule has 106 valence electrons. The molecule has 0 saturated carbocycles. The van der Waals surface area contributed by atoms with Crippen LogP contribution in [0.4, 0.5) is 4.39 Å². The van der Waals surface area contributed by atoms with E-state index in [0.29, 0.717) is 6.54 Å². The van der Waals surface area contributed by atoms with E-state index in [4.69, 9.17) is 5.73 Å². The minimum Gasteiger partial charge on any atom is -0.329 e. The van der Waals surface area contributed by atoms with Crippen molar-refractivity contribution in [3.05, 3.63) is 71.5 Å². The Kier molecular flexibility index (Phi) is 5.27. The Hall–Kier alpha value is -1.71. The predicted molar refractivity (Wildman–Crippen MR) is 81.0 cm³/mol. The van der Waals surface area contributed by atoms with Gasteiger partial charge in [0.25, 0.3) is 0 Å². The van der Waals surface area contributed by atoms with Crippen molar-refractivity contribution in [2.24, 2.45) is 5.73 Å². The average molecular weight is 272 g/mol. The van der Waals surface area contributed by atoms with Crippen LogP contribution in [-0.2, 0) is 6.42 Å². The maximum Gasteiger partial charge on any atom is 0.123 e. The highest BCUT2D eigenvalue weighted by atomic mass is 19.1. The van der Waals surface area contributed by atoms with Crippen LogP contribution < -0.4 is 5.73 Å². The Morgan fingerprint density at radius 2 is 1.85 bits per heavy atom. The molecule has 0 amide bonds. The van der Waals surface area contributed by atoms with Gasteiger partial charge in [-0.15, -0.1) is 0 Å². The molecule has 2 aromatic carbocycles. The molecule has 0 saturated heterocycles. The summed E-state index contributed by atoms with van der Waals surface area (Å²) in [5.74, 6) is -0.211. The number of likely N-dealkylation sites (N-methyl/N-ethyl adjacent to an activating group) is 1. The van der Waals surface area contributed by atoms with E-state index in [1.165, 1.54) is 11.6 Å². The third-order valence-electron chi connectivity index (χ3n) is 3.58. The largest absolute Gasteiger partial charge is 0.329 e. The fourth-order valence-corrected chi connectivity index (χ4v) is 2.39. The normalized spacial score (nSPS) is 12.6. The third-order valence-corrected chi connectivity index (χ3v) is 3.58. The van der Waals surface area contributed by atoms with E-state index in [-0.39, 0.29) is 11.9 Å². The van der Waals surface area contributed by atoms with Crippen molar-refractivity contribution < 1.29 is 4.39 Å². The molecule has 20 heavy (non-hydrogen) atoms. The Morgan fingerprint density at radius 3 is 2.50 bits per heavy atom. The highest BCUT2D eigenvalue weighted by molar-refractivity contribution is 5.21. The first-order valence-corrected chi connectivity index (χ1v) is 6.90. The van der Waals surface area contributed by atoms with Gasteiger partial charge in [0.15, 0.2) is 0 Å². The van der Waals surface area contributed by atoms with Crippen molar-refractivity contribution in [2.75, 3.05) is 20.1 Å². The van der Waals surface area contributed by atoms with Crippen LogP contribution in [0.2, 0.25) is 0 Å². The second kappa shape index (κ2) is 7.17. The number of hydrogen-bond donors (Lipinski definition) is 1. The van der Waals surface area contributed by atoms with Crippen molar-refractivity contribution in [3.63, 3.8) is 0 Å². The van der Waals surface area contributed by atoms with Gasteiger partial charge in [-0.05, 0) is 36.7 Å². The molecule has 2 N–H and O–H groups in total. The molecule has 0 bridgehead atoms. The topological polar surface area (TPSA) is 29.3 Å². The van der Waals surface area contributed by atoms with Gasteiger partial charge in [0.2, 0.25) is 0 Å². The predicted octanol–water partition coefficient (Wildman–Crippen LogP) is 3.00. The summed E-state index contributed by atoms with van der Waals surface area (Å²) in [6.07, 6.45) is 0.961. The first-order valence-electron chi connectivity index (χ1n) is 6.90. The lowest BCUT2D eigenvalue weighted by atomic mass is 10.0. The SMILES string of the molecule is CN(CCc1ccccc1)C(CN)c1cccc(F)c1. The molecule has 0 spiro atoms. The van der Waals surface area contributed by atoms with Gasteiger partial charge in [0, 0.05) is 19.1 Å². The standard InChI is InChI=1S/C17H21FN2/c1-20(11-10-14-6-3-2-4-7-14)17(13-19)15-8-5-9-16(18)12-15/h2-9,12,17H,10-11,13,19H2,1H3. The van der Waals surface area contributed by atoms with E-state index in [0.717, 1.165) is 18.5 Å². The van der Waals surface area contributed by atoms with Gasteiger partial charge in [0.05, 0.1) is 0 Å². The minimum atomic E-state index is -0.211. The first kappa shape index (κ1) is 14.7. The van der Waals surface area contributed by atoms with Gasteiger partial charge in [-0.2, -0.15) is 0 Å². The van der Waals surface area contributed by atoms with Crippen molar-refractivity contribution >= 4 is 0 Å². The van der Waals surface area contributed by atoms with Crippen molar-refractivity contribution in [2.45, 2.75) is 12.5 Å². The van der Waals surface area contributed by atoms with E-state index >= 15 is 0 Å². The zero-order valence-electron chi connectivity index (χ0n) is 11.8. The number of nitrogens with zero attached hydrogens (tertiary/aromatic N) is 1. The summed E-state index contributed by atoms with van der Waals surface area (Å²) < 4.78 is 13.3. The summed E-state index contributed by atoms with van der Waals surface area (Å²) >= 11 is 0. The summed E-state index contributed by atoms with van der Waals surface area (Å²) in [5, 5.41) is 0. The van der Waals surface area contributed by atoms with Crippen LogP contribution in [0, 0.1) is 5.82 Å². The Labute approximate surface area is 120 Å². The van der Waals surface area contributed by atoms with Crippen LogP contribution in [0.1, 0.15) is 17.2 Å². The van der Waals surface area contributed by atoms with E-state index in [1.54, 1.807) is 12.1 Å². The summed E-state index contributed by atoms with van der Waals surface area (Å²) in [5.41, 5.74) is 8.09. The van der Waals surface area contributed by atoms with Gasteiger partial charge in [-0.3, -0.25) is 4.90 Å². The van der Waals surface area contributed by atoms with E-state index in [1.807, 2.05) is 31.3 Å². The molecule has 0 heterocycles. The highest BCUT2D eigenvalue weighted by Crippen LogP contribution is 2.19. The van der Waals surface area contributed by atoms with Gasteiger partial charge < -0.3 is 5.73 Å². The number of hydrogen-bond acceptors (Lipinski definition) is 2. The van der Waals surface area contributed by atoms with Gasteiger partial charge >= 0.3 is 0 Å². The molecule has 0 aliphatic carbocycles. The number of halogens is 1. The fraction of sp³-hybridized carbons (Fsp3) is 0.294. The van der Waals surface area contributed by atoms with Crippen molar-refractivity contribution in [3.8, 4) is 0 Å². The smallest absolute Gasteiger partial charge is 0.123 e. The summed E-state index contributed by atoms with van der Waals surface area (Å²) in [7, 11) is 2.03. The third kappa shape index (κ3) is 3.89. The van der Waals surface area contributed by atoms with Crippen LogP contribution in [0.25, 0.3) is 0 Å². The molecule has 0 aromatic heterocycles. The van der Waals surface area contributed by atoms with Gasteiger partial charge in [-0.25, -0.2) is 4.39 Å². The Bertz CT molecular complexity index is 528. The number of nitrogens with two attached hydrogens (primary N) is 1. The quantitative estimate of drug-likeness (QED) is 0.876. The molecule has 2 nitrogen and oxygen atoms in total. The van der Waals surface area contributed by atoms with Crippen LogP contribution in [0.15, 0.2) is 54.6 Å². The summed E-state index contributed by atoms with van der Waals surface area (Å²) in [6, 6.07) is 17.1. The van der Waals surface area contributed by atoms with E-state index in [9.17, 15) is 4.39 Å². The van der Waals surface area contributed by atoms with Crippen LogP contribution in [0.5, 0.6) is 0 Å². The maximum absolute atomic E-state index is 13.3. The Morgan fingerprint density at radius 1 is 1.10 bits per heavy atom. The molecule has 2 aromatic rings. The maximum atomic E-state index is 13.3. The minimum absolute atomic E-state index is 0.0504. The van der Waals surface area contributed by atoms with Crippen LogP contribution in [-0.4, -0.2) is 25.0 Å². The second-order valence-electron chi connectivity index (χ2n) is 5.02. The molecule has 1 unspecified atom stereocenters. The lowest BCUT2D eigenvalue weighted by Crippen LogP contribution is -2.32. The van der Waals surface area contributed by atoms with Gasteiger partial charge in [-0.1, -0.05) is 42.5 Å². The summed E-state index contributed by atoms with van der Waals surface area (Å²) in [6.45, 7) is 1.37. The number of rotatable bonds is 6. The zero-order valence-corrected chi connectivity index (χ0v) is 11.8. The number of benzene rings is 2. The molecule has 0 fully saturated rings. The van der Waals surface area contributed by atoms with Crippen molar-refractivity contribution in [1.82, 2.24) is 4.90 Å². The Balaban J connectivity index is 2.00. The molecule has 1 atom stereocenters. The van der Waals surface area contributed by atoms with Gasteiger partial charge in [0.1, 0.15) is 5.82 Å². The molecular formula is C17H21FN2. The molecule has 2 rings (SSSR count). The molecule has 0 aliphatic rings. The average Bonchev–Trinajstić information content (AvgIpc) is 2.47. The van der Waals surface area contributed by atoms with Crippen LogP contribution in [0.3, 0.4) is 0 Å².